The number of amides is 1. The number of hydrogen-bond donors (Lipinski definition) is 2. The number of aromatic nitrogens is 4. The van der Waals surface area contributed by atoms with Crippen molar-refractivity contribution < 1.29 is 9.18 Å². The molecule has 0 bridgehead atoms. The molecule has 7 nitrogen and oxygen atoms in total. The number of nitrogens with one attached hydrogen (secondary N) is 2. The molecule has 1 aliphatic heterocycles. The Morgan fingerprint density at radius 2 is 1.90 bits per heavy atom. The number of carbonyl (C=O) groups is 1. The molecule has 0 saturated heterocycles. The number of benzene rings is 1. The summed E-state index contributed by atoms with van der Waals surface area (Å²) in [6, 6.07) is 9.15. The van der Waals surface area contributed by atoms with Gasteiger partial charge in [-0.3, -0.25) is 14.5 Å². The zero-order valence-electron chi connectivity index (χ0n) is 15.4. The first-order valence-corrected chi connectivity index (χ1v) is 9.26. The standard InChI is InChI=1S/C21H17FN6O/c22-16-3-1-13(2-4-16)21(29)27-20-8-14-7-18(24-9-15(14)10-25-20)17-11-26-28-6-5-23-12-19(17)28/h1-4,7-11,23H,5-6,12H2,(H,25,27,29). The van der Waals surface area contributed by atoms with Crippen LogP contribution in [0.25, 0.3) is 22.0 Å². The summed E-state index contributed by atoms with van der Waals surface area (Å²) in [5, 5.41) is 12.3. The van der Waals surface area contributed by atoms with Crippen LogP contribution in [0.5, 0.6) is 0 Å². The maximum atomic E-state index is 13.1. The summed E-state index contributed by atoms with van der Waals surface area (Å²) in [6.45, 7) is 2.50. The van der Waals surface area contributed by atoms with E-state index in [1.54, 1.807) is 18.5 Å². The fraction of sp³-hybridized carbons (Fsp3) is 0.143. The van der Waals surface area contributed by atoms with Crippen LogP contribution >= 0.6 is 0 Å². The van der Waals surface area contributed by atoms with Crippen molar-refractivity contribution in [2.45, 2.75) is 13.1 Å². The van der Waals surface area contributed by atoms with Crippen LogP contribution in [0, 0.1) is 5.82 Å². The van der Waals surface area contributed by atoms with Gasteiger partial charge < -0.3 is 10.6 Å². The molecule has 1 aliphatic rings. The van der Waals surface area contributed by atoms with Crippen molar-refractivity contribution in [1.29, 1.82) is 0 Å². The highest BCUT2D eigenvalue weighted by molar-refractivity contribution is 6.04. The molecule has 8 heteroatoms. The van der Waals surface area contributed by atoms with Crippen LogP contribution < -0.4 is 10.6 Å². The van der Waals surface area contributed by atoms with Gasteiger partial charge in [-0.2, -0.15) is 5.10 Å². The van der Waals surface area contributed by atoms with Gasteiger partial charge in [-0.1, -0.05) is 0 Å². The van der Waals surface area contributed by atoms with Crippen molar-refractivity contribution in [3.63, 3.8) is 0 Å². The fourth-order valence-electron chi connectivity index (χ4n) is 3.44. The molecule has 0 radical (unpaired) electrons. The summed E-state index contributed by atoms with van der Waals surface area (Å²) in [5.41, 5.74) is 3.29. The topological polar surface area (TPSA) is 84.7 Å². The number of halogens is 1. The zero-order chi connectivity index (χ0) is 19.8. The van der Waals surface area contributed by atoms with Gasteiger partial charge in [0.2, 0.25) is 0 Å². The van der Waals surface area contributed by atoms with E-state index in [-0.39, 0.29) is 11.7 Å². The third-order valence-corrected chi connectivity index (χ3v) is 4.97. The summed E-state index contributed by atoms with van der Waals surface area (Å²) in [4.78, 5) is 21.2. The monoisotopic (exact) mass is 388 g/mol. The third-order valence-electron chi connectivity index (χ3n) is 4.97. The van der Waals surface area contributed by atoms with Gasteiger partial charge in [0.1, 0.15) is 11.6 Å². The lowest BCUT2D eigenvalue weighted by atomic mass is 10.1. The third kappa shape index (κ3) is 3.34. The molecule has 0 spiro atoms. The Hall–Kier alpha value is -3.65. The second-order valence-electron chi connectivity index (χ2n) is 6.85. The van der Waals surface area contributed by atoms with Gasteiger partial charge in [0.25, 0.3) is 5.91 Å². The van der Waals surface area contributed by atoms with Crippen molar-refractivity contribution in [2.75, 3.05) is 11.9 Å². The van der Waals surface area contributed by atoms with Crippen LogP contribution in [0.3, 0.4) is 0 Å². The molecule has 29 heavy (non-hydrogen) atoms. The predicted molar refractivity (Wildman–Crippen MR) is 107 cm³/mol. The smallest absolute Gasteiger partial charge is 0.256 e. The second kappa shape index (κ2) is 7.06. The summed E-state index contributed by atoms with van der Waals surface area (Å²) < 4.78 is 15.0. The molecule has 2 N–H and O–H groups in total. The normalized spacial score (nSPS) is 13.3. The number of fused-ring (bicyclic) bond motifs is 2. The number of rotatable bonds is 3. The highest BCUT2D eigenvalue weighted by atomic mass is 19.1. The Morgan fingerprint density at radius 1 is 1.07 bits per heavy atom. The van der Waals surface area contributed by atoms with Crippen LogP contribution in [0.2, 0.25) is 0 Å². The second-order valence-corrected chi connectivity index (χ2v) is 6.85. The van der Waals surface area contributed by atoms with Crippen LogP contribution in [-0.2, 0) is 13.1 Å². The van der Waals surface area contributed by atoms with Gasteiger partial charge in [0.05, 0.1) is 24.1 Å². The Labute approximate surface area is 165 Å². The SMILES string of the molecule is O=C(Nc1cc2cc(-c3cnn4c3CNCC4)ncc2cn1)c1ccc(F)cc1. The van der Waals surface area contributed by atoms with Crippen molar-refractivity contribution in [1.82, 2.24) is 25.1 Å². The highest BCUT2D eigenvalue weighted by Crippen LogP contribution is 2.26. The minimum atomic E-state index is -0.386. The molecule has 3 aromatic heterocycles. The number of pyridine rings is 2. The van der Waals surface area contributed by atoms with E-state index in [0.717, 1.165) is 47.4 Å². The molecule has 4 heterocycles. The first-order chi connectivity index (χ1) is 14.2. The van der Waals surface area contributed by atoms with Gasteiger partial charge >= 0.3 is 0 Å². The summed E-state index contributed by atoms with van der Waals surface area (Å²) in [7, 11) is 0. The average molecular weight is 388 g/mol. The molecule has 144 valence electrons. The Balaban J connectivity index is 1.46. The van der Waals surface area contributed by atoms with E-state index >= 15 is 0 Å². The summed E-state index contributed by atoms with van der Waals surface area (Å²) >= 11 is 0. The number of carbonyl (C=O) groups excluding carboxylic acids is 1. The average Bonchev–Trinajstić information content (AvgIpc) is 3.18. The van der Waals surface area contributed by atoms with Gasteiger partial charge in [-0.05, 0) is 41.8 Å². The number of anilines is 1. The van der Waals surface area contributed by atoms with E-state index in [9.17, 15) is 9.18 Å². The first-order valence-electron chi connectivity index (χ1n) is 9.26. The van der Waals surface area contributed by atoms with Crippen molar-refractivity contribution >= 4 is 22.5 Å². The van der Waals surface area contributed by atoms with Crippen LogP contribution in [0.1, 0.15) is 16.1 Å². The highest BCUT2D eigenvalue weighted by Gasteiger charge is 2.17. The molecule has 5 rings (SSSR count). The molecule has 0 fully saturated rings. The molecule has 1 aromatic carbocycles. The zero-order valence-corrected chi connectivity index (χ0v) is 15.4. The Bertz CT molecular complexity index is 1220. The molecule has 0 unspecified atom stereocenters. The quantitative estimate of drug-likeness (QED) is 0.564. The van der Waals surface area contributed by atoms with Crippen LogP contribution in [0.4, 0.5) is 10.2 Å². The van der Waals surface area contributed by atoms with Crippen LogP contribution in [-0.4, -0.2) is 32.2 Å². The predicted octanol–water partition coefficient (Wildman–Crippen LogP) is 2.99. The van der Waals surface area contributed by atoms with E-state index in [1.807, 2.05) is 16.9 Å². The van der Waals surface area contributed by atoms with Gasteiger partial charge in [0, 0.05) is 42.0 Å². The molecule has 4 aromatic rings. The largest absolute Gasteiger partial charge is 0.309 e. The van der Waals surface area contributed by atoms with E-state index in [2.05, 4.69) is 25.7 Å². The Kier molecular flexibility index (Phi) is 4.25. The molecule has 0 atom stereocenters. The van der Waals surface area contributed by atoms with Crippen molar-refractivity contribution in [3.8, 4) is 11.3 Å². The van der Waals surface area contributed by atoms with Gasteiger partial charge in [0.15, 0.2) is 0 Å². The fourth-order valence-corrected chi connectivity index (χ4v) is 3.44. The lowest BCUT2D eigenvalue weighted by Crippen LogP contribution is -2.28. The van der Waals surface area contributed by atoms with E-state index in [0.29, 0.717) is 11.4 Å². The van der Waals surface area contributed by atoms with Crippen molar-refractivity contribution in [2.24, 2.45) is 0 Å². The Morgan fingerprint density at radius 3 is 2.76 bits per heavy atom. The van der Waals surface area contributed by atoms with Gasteiger partial charge in [-0.15, -0.1) is 0 Å². The molecule has 0 aliphatic carbocycles. The van der Waals surface area contributed by atoms with Crippen molar-refractivity contribution in [3.05, 3.63) is 72.1 Å². The van der Waals surface area contributed by atoms with Crippen LogP contribution in [0.15, 0.2) is 55.0 Å². The molecule has 1 amide bonds. The minimum absolute atomic E-state index is 0.345. The minimum Gasteiger partial charge on any atom is -0.309 e. The summed E-state index contributed by atoms with van der Waals surface area (Å²) in [5.74, 6) is -0.312. The molecular formula is C21H17FN6O. The van der Waals surface area contributed by atoms with Gasteiger partial charge in [-0.25, -0.2) is 9.37 Å². The number of hydrogen-bond acceptors (Lipinski definition) is 5. The number of nitrogens with zero attached hydrogens (tertiary/aromatic N) is 4. The maximum absolute atomic E-state index is 13.1. The summed E-state index contributed by atoms with van der Waals surface area (Å²) in [6.07, 6.45) is 5.28. The van der Waals surface area contributed by atoms with E-state index in [1.165, 1.54) is 24.3 Å². The lowest BCUT2D eigenvalue weighted by Gasteiger charge is -2.16. The lowest BCUT2D eigenvalue weighted by molar-refractivity contribution is 0.102. The first kappa shape index (κ1) is 17.4. The van der Waals surface area contributed by atoms with E-state index in [4.69, 9.17) is 0 Å². The maximum Gasteiger partial charge on any atom is 0.256 e. The molecular weight excluding hydrogens is 371 g/mol. The van der Waals surface area contributed by atoms with E-state index < -0.39 is 0 Å². The molecule has 0 saturated carbocycles.